The maximum atomic E-state index is 13.1. The minimum absolute atomic E-state index is 0.245. The number of hydrogen-bond donors (Lipinski definition) is 0. The molecule has 1 aliphatic heterocycles. The predicted molar refractivity (Wildman–Crippen MR) is 125 cm³/mol. The molecule has 0 N–H and O–H groups in total. The Morgan fingerprint density at radius 1 is 0.875 bits per heavy atom. The van der Waals surface area contributed by atoms with E-state index in [-0.39, 0.29) is 17.0 Å². The Morgan fingerprint density at radius 3 is 2.09 bits per heavy atom. The molecule has 4 aromatic carbocycles. The van der Waals surface area contributed by atoms with Crippen molar-refractivity contribution in [3.8, 4) is 0 Å². The zero-order chi connectivity index (χ0) is 22.2. The third-order valence-corrected chi connectivity index (χ3v) is 6.34. The van der Waals surface area contributed by atoms with Crippen LogP contribution >= 0.6 is 11.8 Å². The molecular formula is C26H16FNO3S. The standard InChI is InChI=1S/C26H16FNO3S/c27-19-11-9-16(10-12-19)23(29)15-28-25(30)24(32-26(28)31)14-22-20-7-3-1-5-17(20)13-18-6-2-4-8-21(18)22/h1-14H,15H2/b24-14-. The monoisotopic (exact) mass is 441 g/mol. The number of Topliss-reactive ketones (excluding diaryl/α,β-unsaturated/α-hetero) is 1. The molecule has 1 heterocycles. The topological polar surface area (TPSA) is 54.5 Å². The van der Waals surface area contributed by atoms with Gasteiger partial charge in [0.1, 0.15) is 5.82 Å². The highest BCUT2D eigenvalue weighted by atomic mass is 32.2. The third-order valence-electron chi connectivity index (χ3n) is 5.43. The van der Waals surface area contributed by atoms with Gasteiger partial charge >= 0.3 is 0 Å². The van der Waals surface area contributed by atoms with Gasteiger partial charge in [0.2, 0.25) is 0 Å². The number of imide groups is 1. The van der Waals surface area contributed by atoms with E-state index in [1.165, 1.54) is 24.3 Å². The largest absolute Gasteiger partial charge is 0.293 e. The molecule has 1 saturated heterocycles. The number of thioether (sulfide) groups is 1. The second-order valence-electron chi connectivity index (χ2n) is 7.43. The molecule has 6 heteroatoms. The minimum atomic E-state index is -0.507. The summed E-state index contributed by atoms with van der Waals surface area (Å²) < 4.78 is 13.1. The maximum absolute atomic E-state index is 13.1. The van der Waals surface area contributed by atoms with E-state index in [1.807, 2.05) is 48.5 Å². The van der Waals surface area contributed by atoms with Gasteiger partial charge < -0.3 is 0 Å². The normalized spacial score (nSPS) is 15.3. The summed E-state index contributed by atoms with van der Waals surface area (Å²) in [6, 6.07) is 22.9. The van der Waals surface area contributed by atoms with Gasteiger partial charge in [0.05, 0.1) is 11.4 Å². The first-order valence-corrected chi connectivity index (χ1v) is 10.8. The van der Waals surface area contributed by atoms with Gasteiger partial charge in [-0.15, -0.1) is 0 Å². The number of rotatable bonds is 4. The van der Waals surface area contributed by atoms with Crippen molar-refractivity contribution in [2.24, 2.45) is 0 Å². The van der Waals surface area contributed by atoms with Crippen LogP contribution < -0.4 is 0 Å². The van der Waals surface area contributed by atoms with E-state index < -0.39 is 22.7 Å². The summed E-state index contributed by atoms with van der Waals surface area (Å²) in [6.45, 7) is -0.385. The van der Waals surface area contributed by atoms with Crippen LogP contribution in [0.15, 0.2) is 83.8 Å². The van der Waals surface area contributed by atoms with Crippen molar-refractivity contribution < 1.29 is 18.8 Å². The first kappa shape index (κ1) is 20.2. The van der Waals surface area contributed by atoms with Crippen molar-refractivity contribution in [1.29, 1.82) is 0 Å². The van der Waals surface area contributed by atoms with E-state index >= 15 is 0 Å². The number of benzene rings is 4. The van der Waals surface area contributed by atoms with E-state index in [0.29, 0.717) is 0 Å². The molecule has 0 atom stereocenters. The predicted octanol–water partition coefficient (Wildman–Crippen LogP) is 6.05. The van der Waals surface area contributed by atoms with Gasteiger partial charge in [0.25, 0.3) is 11.1 Å². The summed E-state index contributed by atoms with van der Waals surface area (Å²) in [7, 11) is 0. The smallest absolute Gasteiger partial charge is 0.292 e. The number of halogens is 1. The van der Waals surface area contributed by atoms with Crippen LogP contribution in [0.2, 0.25) is 0 Å². The number of amides is 2. The highest BCUT2D eigenvalue weighted by Crippen LogP contribution is 2.36. The molecule has 0 unspecified atom stereocenters. The average molecular weight is 441 g/mol. The highest BCUT2D eigenvalue weighted by molar-refractivity contribution is 8.18. The fourth-order valence-corrected chi connectivity index (χ4v) is 4.66. The molecule has 1 aliphatic rings. The molecule has 0 bridgehead atoms. The summed E-state index contributed by atoms with van der Waals surface area (Å²) in [5.41, 5.74) is 1.10. The molecule has 4 aromatic rings. The average Bonchev–Trinajstić information content (AvgIpc) is 3.06. The van der Waals surface area contributed by atoms with Gasteiger partial charge in [0, 0.05) is 5.56 Å². The molecule has 0 radical (unpaired) electrons. The van der Waals surface area contributed by atoms with Crippen LogP contribution in [0, 0.1) is 5.82 Å². The Hall–Kier alpha value is -3.77. The van der Waals surface area contributed by atoms with Crippen LogP contribution in [-0.4, -0.2) is 28.4 Å². The fraction of sp³-hybridized carbons (Fsp3) is 0.0385. The van der Waals surface area contributed by atoms with E-state index in [1.54, 1.807) is 6.08 Å². The van der Waals surface area contributed by atoms with Crippen LogP contribution in [0.5, 0.6) is 0 Å². The number of fused-ring (bicyclic) bond motifs is 2. The zero-order valence-corrected chi connectivity index (χ0v) is 17.6. The van der Waals surface area contributed by atoms with Crippen LogP contribution in [0.3, 0.4) is 0 Å². The van der Waals surface area contributed by atoms with Gasteiger partial charge in [-0.1, -0.05) is 48.5 Å². The lowest BCUT2D eigenvalue weighted by molar-refractivity contribution is -0.122. The number of carbonyl (C=O) groups excluding carboxylic acids is 3. The molecule has 1 fully saturated rings. The van der Waals surface area contributed by atoms with Crippen LogP contribution in [0.4, 0.5) is 9.18 Å². The zero-order valence-electron chi connectivity index (χ0n) is 16.7. The molecule has 0 saturated carbocycles. The van der Waals surface area contributed by atoms with Crippen LogP contribution in [0.1, 0.15) is 15.9 Å². The van der Waals surface area contributed by atoms with Gasteiger partial charge in [-0.05, 0) is 75.3 Å². The van der Waals surface area contributed by atoms with E-state index in [4.69, 9.17) is 0 Å². The van der Waals surface area contributed by atoms with Crippen molar-refractivity contribution in [2.75, 3.05) is 6.54 Å². The molecule has 156 valence electrons. The Labute approximate surface area is 187 Å². The van der Waals surface area contributed by atoms with Gasteiger partial charge in [-0.25, -0.2) is 4.39 Å². The maximum Gasteiger partial charge on any atom is 0.293 e. The molecule has 0 aliphatic carbocycles. The Kier molecular flexibility index (Phi) is 5.07. The number of nitrogens with zero attached hydrogens (tertiary/aromatic N) is 1. The number of ketones is 1. The molecule has 0 spiro atoms. The first-order chi connectivity index (χ1) is 15.5. The highest BCUT2D eigenvalue weighted by Gasteiger charge is 2.36. The van der Waals surface area contributed by atoms with E-state index in [2.05, 4.69) is 6.07 Å². The third kappa shape index (κ3) is 3.59. The molecule has 4 nitrogen and oxygen atoms in total. The molecule has 2 amide bonds. The Morgan fingerprint density at radius 2 is 1.47 bits per heavy atom. The minimum Gasteiger partial charge on any atom is -0.292 e. The first-order valence-electron chi connectivity index (χ1n) is 9.96. The van der Waals surface area contributed by atoms with Crippen molar-refractivity contribution in [3.63, 3.8) is 0 Å². The van der Waals surface area contributed by atoms with Crippen molar-refractivity contribution in [1.82, 2.24) is 4.90 Å². The lowest BCUT2D eigenvalue weighted by atomic mass is 9.96. The second kappa shape index (κ2) is 8.05. The molecule has 5 rings (SSSR count). The Bertz CT molecular complexity index is 1390. The lowest BCUT2D eigenvalue weighted by Gasteiger charge is -2.11. The fourth-order valence-electron chi connectivity index (χ4n) is 3.84. The summed E-state index contributed by atoms with van der Waals surface area (Å²) in [6.07, 6.45) is 1.73. The van der Waals surface area contributed by atoms with Gasteiger partial charge in [-0.3, -0.25) is 19.3 Å². The second-order valence-corrected chi connectivity index (χ2v) is 8.42. The lowest BCUT2D eigenvalue weighted by Crippen LogP contribution is -2.33. The van der Waals surface area contributed by atoms with E-state index in [0.717, 1.165) is 43.8 Å². The van der Waals surface area contributed by atoms with Gasteiger partial charge in [-0.2, -0.15) is 0 Å². The Balaban J connectivity index is 1.52. The summed E-state index contributed by atoms with van der Waals surface area (Å²) in [5.74, 6) is -1.39. The number of carbonyl (C=O) groups is 3. The van der Waals surface area contributed by atoms with E-state index in [9.17, 15) is 18.8 Å². The molecule has 32 heavy (non-hydrogen) atoms. The SMILES string of the molecule is O=C(CN1C(=O)S/C(=C\c2c3ccccc3cc3ccccc23)C1=O)c1ccc(F)cc1. The summed E-state index contributed by atoms with van der Waals surface area (Å²) >= 11 is 0.820. The van der Waals surface area contributed by atoms with Gasteiger partial charge in [0.15, 0.2) is 5.78 Å². The van der Waals surface area contributed by atoms with Crippen LogP contribution in [0.25, 0.3) is 27.6 Å². The van der Waals surface area contributed by atoms with Crippen LogP contribution in [-0.2, 0) is 4.79 Å². The van der Waals surface area contributed by atoms with Crippen molar-refractivity contribution >= 4 is 56.3 Å². The van der Waals surface area contributed by atoms with Crippen molar-refractivity contribution in [3.05, 3.63) is 101 Å². The summed E-state index contributed by atoms with van der Waals surface area (Å²) in [5, 5.41) is 3.51. The van der Waals surface area contributed by atoms with Crippen molar-refractivity contribution in [2.45, 2.75) is 0 Å². The molecule has 0 aromatic heterocycles. The quantitative estimate of drug-likeness (QED) is 0.220. The number of hydrogen-bond acceptors (Lipinski definition) is 4. The molecular weight excluding hydrogens is 425 g/mol. The summed E-state index contributed by atoms with van der Waals surface area (Å²) in [4.78, 5) is 39.3.